The van der Waals surface area contributed by atoms with Gasteiger partial charge in [-0.15, -0.1) is 11.3 Å². The molecule has 0 aromatic carbocycles. The smallest absolute Gasteiger partial charge is 0.350 e. The van der Waals surface area contributed by atoms with Crippen molar-refractivity contribution in [2.45, 2.75) is 12.1 Å². The number of fused-ring (bicyclic) bond motifs is 1. The molecule has 0 atom stereocenters. The summed E-state index contributed by atoms with van der Waals surface area (Å²) < 4.78 is 5.07. The van der Waals surface area contributed by atoms with Crippen molar-refractivity contribution in [2.24, 2.45) is 0 Å². The zero-order valence-electron chi connectivity index (χ0n) is 12.6. The first-order valence-corrected chi connectivity index (χ1v) is 8.91. The van der Waals surface area contributed by atoms with Crippen LogP contribution in [0.5, 0.6) is 0 Å². The van der Waals surface area contributed by atoms with Crippen LogP contribution in [-0.4, -0.2) is 33.8 Å². The number of nitrogens with zero attached hydrogens (tertiary/aromatic N) is 3. The minimum Gasteiger partial charge on any atom is -0.462 e. The van der Waals surface area contributed by atoms with E-state index in [1.807, 2.05) is 18.4 Å². The number of nitrogens with two attached hydrogens (primary N) is 1. The van der Waals surface area contributed by atoms with Gasteiger partial charge in [0.15, 0.2) is 5.16 Å². The van der Waals surface area contributed by atoms with E-state index in [0.717, 1.165) is 5.56 Å². The lowest BCUT2D eigenvalue weighted by Crippen LogP contribution is -2.05. The number of carbonyl (C=O) groups is 1. The number of nitrogen functional groups attached to an aromatic ring is 1. The topological polar surface area (TPSA) is 91.0 Å². The van der Waals surface area contributed by atoms with Crippen LogP contribution in [0.25, 0.3) is 21.5 Å². The molecule has 23 heavy (non-hydrogen) atoms. The van der Waals surface area contributed by atoms with E-state index < -0.39 is 5.97 Å². The second-order valence-corrected chi connectivity index (χ2v) is 6.31. The number of rotatable bonds is 4. The fourth-order valence-electron chi connectivity index (χ4n) is 2.16. The SMILES string of the molecule is CCOC(=O)c1sc2nc(SC)nc(-c3ccncc3)c2c1N. The third-order valence-electron chi connectivity index (χ3n) is 3.17. The predicted molar refractivity (Wildman–Crippen MR) is 92.8 cm³/mol. The summed E-state index contributed by atoms with van der Waals surface area (Å²) in [5.41, 5.74) is 8.15. The number of aromatic nitrogens is 3. The Morgan fingerprint density at radius 2 is 2.09 bits per heavy atom. The van der Waals surface area contributed by atoms with Crippen LogP contribution in [-0.2, 0) is 4.74 Å². The first-order valence-electron chi connectivity index (χ1n) is 6.87. The van der Waals surface area contributed by atoms with Gasteiger partial charge in [-0.2, -0.15) is 0 Å². The average Bonchev–Trinajstić information content (AvgIpc) is 2.92. The molecule has 118 valence electrons. The third kappa shape index (κ3) is 2.87. The molecule has 8 heteroatoms. The van der Waals surface area contributed by atoms with Crippen LogP contribution in [0.4, 0.5) is 5.69 Å². The van der Waals surface area contributed by atoms with Gasteiger partial charge in [0.25, 0.3) is 0 Å². The Morgan fingerprint density at radius 1 is 1.35 bits per heavy atom. The van der Waals surface area contributed by atoms with E-state index >= 15 is 0 Å². The maximum atomic E-state index is 12.1. The van der Waals surface area contributed by atoms with Crippen molar-refractivity contribution in [3.63, 3.8) is 0 Å². The summed E-state index contributed by atoms with van der Waals surface area (Å²) in [6, 6.07) is 3.71. The van der Waals surface area contributed by atoms with Crippen LogP contribution in [0.2, 0.25) is 0 Å². The molecule has 0 fully saturated rings. The summed E-state index contributed by atoms with van der Waals surface area (Å²) in [6.45, 7) is 2.06. The molecule has 0 unspecified atom stereocenters. The van der Waals surface area contributed by atoms with Crippen LogP contribution in [0.15, 0.2) is 29.7 Å². The highest BCUT2D eigenvalue weighted by atomic mass is 32.2. The quantitative estimate of drug-likeness (QED) is 0.440. The zero-order chi connectivity index (χ0) is 16.4. The zero-order valence-corrected chi connectivity index (χ0v) is 14.2. The molecule has 6 nitrogen and oxygen atoms in total. The highest BCUT2D eigenvalue weighted by Gasteiger charge is 2.22. The summed E-state index contributed by atoms with van der Waals surface area (Å²) in [5, 5.41) is 1.31. The molecule has 0 aliphatic heterocycles. The van der Waals surface area contributed by atoms with Crippen LogP contribution in [0, 0.1) is 0 Å². The fourth-order valence-corrected chi connectivity index (χ4v) is 3.57. The fraction of sp³-hybridized carbons (Fsp3) is 0.200. The number of ether oxygens (including phenoxy) is 1. The Labute approximate surface area is 141 Å². The van der Waals surface area contributed by atoms with Crippen molar-refractivity contribution in [1.82, 2.24) is 15.0 Å². The maximum Gasteiger partial charge on any atom is 0.350 e. The first kappa shape index (κ1) is 15.7. The Bertz CT molecular complexity index is 865. The molecule has 0 saturated carbocycles. The molecule has 3 heterocycles. The van der Waals surface area contributed by atoms with Gasteiger partial charge in [0, 0.05) is 18.0 Å². The molecule has 3 aromatic heterocycles. The highest BCUT2D eigenvalue weighted by molar-refractivity contribution is 7.98. The van der Waals surface area contributed by atoms with E-state index in [0.29, 0.717) is 38.2 Å². The summed E-state index contributed by atoms with van der Waals surface area (Å²) in [5.74, 6) is -0.431. The highest BCUT2D eigenvalue weighted by Crippen LogP contribution is 2.39. The minimum absolute atomic E-state index is 0.297. The van der Waals surface area contributed by atoms with Gasteiger partial charge < -0.3 is 10.5 Å². The van der Waals surface area contributed by atoms with Gasteiger partial charge in [-0.05, 0) is 25.3 Å². The normalized spacial score (nSPS) is 10.9. The Kier molecular flexibility index (Phi) is 4.44. The molecule has 3 rings (SSSR count). The second kappa shape index (κ2) is 6.51. The minimum atomic E-state index is -0.431. The average molecular weight is 346 g/mol. The van der Waals surface area contributed by atoms with E-state index in [1.54, 1.807) is 19.3 Å². The van der Waals surface area contributed by atoms with Crippen molar-refractivity contribution >= 4 is 45.0 Å². The number of pyridine rings is 1. The van der Waals surface area contributed by atoms with Gasteiger partial charge >= 0.3 is 5.97 Å². The monoisotopic (exact) mass is 346 g/mol. The van der Waals surface area contributed by atoms with Gasteiger partial charge in [-0.1, -0.05) is 11.8 Å². The Hall–Kier alpha value is -2.19. The first-order chi connectivity index (χ1) is 11.2. The molecular weight excluding hydrogens is 332 g/mol. The van der Waals surface area contributed by atoms with Crippen molar-refractivity contribution in [3.05, 3.63) is 29.4 Å². The van der Waals surface area contributed by atoms with Gasteiger partial charge in [0.05, 0.1) is 23.4 Å². The van der Waals surface area contributed by atoms with Gasteiger partial charge in [-0.3, -0.25) is 4.98 Å². The van der Waals surface area contributed by atoms with Crippen LogP contribution in [0.1, 0.15) is 16.6 Å². The summed E-state index contributed by atoms with van der Waals surface area (Å²) in [4.78, 5) is 26.2. The van der Waals surface area contributed by atoms with Crippen molar-refractivity contribution in [1.29, 1.82) is 0 Å². The number of hydrogen-bond donors (Lipinski definition) is 1. The van der Waals surface area contributed by atoms with E-state index in [1.165, 1.54) is 23.1 Å². The number of carbonyl (C=O) groups excluding carboxylic acids is 1. The van der Waals surface area contributed by atoms with E-state index in [-0.39, 0.29) is 0 Å². The van der Waals surface area contributed by atoms with Crippen molar-refractivity contribution in [3.8, 4) is 11.3 Å². The largest absolute Gasteiger partial charge is 0.462 e. The summed E-state index contributed by atoms with van der Waals surface area (Å²) in [7, 11) is 0. The maximum absolute atomic E-state index is 12.1. The molecule has 0 radical (unpaired) electrons. The van der Waals surface area contributed by atoms with E-state index in [9.17, 15) is 4.79 Å². The lowest BCUT2D eigenvalue weighted by Gasteiger charge is -2.05. The molecule has 0 spiro atoms. The van der Waals surface area contributed by atoms with Crippen molar-refractivity contribution in [2.75, 3.05) is 18.6 Å². The standard InChI is InChI=1S/C15H14N4O2S2/c1-3-21-14(20)12-10(16)9-11(8-4-6-17-7-5-8)18-15(22-2)19-13(9)23-12/h4-7H,3,16H2,1-2H3. The predicted octanol–water partition coefficient (Wildman–Crippen LogP) is 3.23. The number of anilines is 1. The lowest BCUT2D eigenvalue weighted by atomic mass is 10.1. The summed E-state index contributed by atoms with van der Waals surface area (Å²) in [6.07, 6.45) is 5.29. The lowest BCUT2D eigenvalue weighted by molar-refractivity contribution is 0.0533. The molecule has 2 N–H and O–H groups in total. The van der Waals surface area contributed by atoms with Crippen LogP contribution in [0.3, 0.4) is 0 Å². The Balaban J connectivity index is 2.28. The summed E-state index contributed by atoms with van der Waals surface area (Å²) >= 11 is 2.67. The molecule has 3 aromatic rings. The molecular formula is C15H14N4O2S2. The molecule has 0 amide bonds. The third-order valence-corrected chi connectivity index (χ3v) is 4.79. The second-order valence-electron chi connectivity index (χ2n) is 4.54. The van der Waals surface area contributed by atoms with Gasteiger partial charge in [0.2, 0.25) is 0 Å². The van der Waals surface area contributed by atoms with E-state index in [4.69, 9.17) is 10.5 Å². The van der Waals surface area contributed by atoms with Crippen molar-refractivity contribution < 1.29 is 9.53 Å². The van der Waals surface area contributed by atoms with Gasteiger partial charge in [0.1, 0.15) is 9.71 Å². The molecule has 0 bridgehead atoms. The van der Waals surface area contributed by atoms with Crippen LogP contribution >= 0.6 is 23.1 Å². The number of esters is 1. The number of thiophene rings is 1. The number of hydrogen-bond acceptors (Lipinski definition) is 8. The van der Waals surface area contributed by atoms with E-state index in [2.05, 4.69) is 15.0 Å². The molecule has 0 saturated heterocycles. The van der Waals surface area contributed by atoms with Gasteiger partial charge in [-0.25, -0.2) is 14.8 Å². The molecule has 0 aliphatic carbocycles. The Morgan fingerprint density at radius 3 is 2.74 bits per heavy atom. The number of thioether (sulfide) groups is 1. The molecule has 0 aliphatic rings. The van der Waals surface area contributed by atoms with Crippen LogP contribution < -0.4 is 5.73 Å².